The number of nitrogens with zero attached hydrogens (tertiary/aromatic N) is 1. The fourth-order valence-corrected chi connectivity index (χ4v) is 10.7. The Hall–Kier alpha value is -2.64. The van der Waals surface area contributed by atoms with Crippen molar-refractivity contribution in [2.24, 2.45) is 21.7 Å². The molecule has 2 aliphatic carbocycles. The SMILES string of the molecule is CC(C)(C)C1=CC2(C=C(C(C)(C)C)C1=O)SC(CN1C(=O)c3ccccc3C1=O)SC21C=C(C(C)(C)C)C(=O)C(C(C)(C)C)=C1. The maximum absolute atomic E-state index is 14.2. The number of benzene rings is 1. The fourth-order valence-electron chi connectivity index (χ4n) is 6.58. The predicted octanol–water partition coefficient (Wildman–Crippen LogP) is 8.62. The summed E-state index contributed by atoms with van der Waals surface area (Å²) in [5, 5.41) is 0. The molecule has 0 bridgehead atoms. The number of Topliss-reactive ketones (excluding diaryl/α,β-unsaturated/α-hetero) is 2. The van der Waals surface area contributed by atoms with E-state index in [4.69, 9.17) is 0 Å². The van der Waals surface area contributed by atoms with Crippen molar-refractivity contribution in [1.29, 1.82) is 0 Å². The van der Waals surface area contributed by atoms with E-state index < -0.39 is 31.2 Å². The van der Waals surface area contributed by atoms with Crippen LogP contribution in [0.2, 0.25) is 0 Å². The molecule has 4 aliphatic rings. The number of carbonyl (C=O) groups excluding carboxylic acids is 4. The Labute approximate surface area is 277 Å². The third-order valence-electron chi connectivity index (χ3n) is 9.12. The Balaban J connectivity index is 1.77. The predicted molar refractivity (Wildman–Crippen MR) is 186 cm³/mol. The zero-order chi connectivity index (χ0) is 33.7. The highest BCUT2D eigenvalue weighted by Gasteiger charge is 2.61. The van der Waals surface area contributed by atoms with E-state index in [0.717, 1.165) is 22.3 Å². The summed E-state index contributed by atoms with van der Waals surface area (Å²) in [5.74, 6) is -0.453. The number of allylic oxidation sites excluding steroid dienone is 4. The van der Waals surface area contributed by atoms with E-state index in [9.17, 15) is 19.2 Å². The fraction of sp³-hybridized carbons (Fsp3) is 0.526. The lowest BCUT2D eigenvalue weighted by molar-refractivity contribution is -0.115. The second-order valence-electron chi connectivity index (χ2n) is 16.9. The van der Waals surface area contributed by atoms with Gasteiger partial charge >= 0.3 is 0 Å². The lowest BCUT2D eigenvalue weighted by Crippen LogP contribution is -2.48. The van der Waals surface area contributed by atoms with Crippen LogP contribution in [0.5, 0.6) is 0 Å². The first kappa shape index (κ1) is 33.7. The first-order valence-electron chi connectivity index (χ1n) is 15.8. The molecule has 0 radical (unpaired) electrons. The number of amides is 2. The summed E-state index contributed by atoms with van der Waals surface area (Å²) >= 11 is 3.38. The van der Waals surface area contributed by atoms with Crippen LogP contribution in [0.15, 0.2) is 70.9 Å². The van der Waals surface area contributed by atoms with Crippen molar-refractivity contribution < 1.29 is 19.2 Å². The van der Waals surface area contributed by atoms with Crippen LogP contribution in [0.3, 0.4) is 0 Å². The molecule has 0 N–H and O–H groups in total. The first-order valence-corrected chi connectivity index (χ1v) is 17.5. The molecular formula is C38H47NO4S2. The van der Waals surface area contributed by atoms with Crippen LogP contribution in [-0.2, 0) is 9.59 Å². The number of thioether (sulfide) groups is 2. The maximum atomic E-state index is 14.2. The highest BCUT2D eigenvalue weighted by Crippen LogP contribution is 2.66. The summed E-state index contributed by atoms with van der Waals surface area (Å²) in [6.07, 6.45) is 8.59. The number of fused-ring (bicyclic) bond motifs is 2. The number of hydrogen-bond acceptors (Lipinski definition) is 6. The lowest BCUT2D eigenvalue weighted by Gasteiger charge is -2.46. The van der Waals surface area contributed by atoms with Crippen molar-refractivity contribution in [1.82, 2.24) is 4.90 Å². The molecule has 240 valence electrons. The average molecular weight is 646 g/mol. The number of rotatable bonds is 2. The summed E-state index contributed by atoms with van der Waals surface area (Å²) in [5.41, 5.74) is 2.13. The van der Waals surface area contributed by atoms with E-state index in [1.165, 1.54) is 4.90 Å². The van der Waals surface area contributed by atoms with Gasteiger partial charge in [-0.25, -0.2) is 0 Å². The van der Waals surface area contributed by atoms with Crippen molar-refractivity contribution in [3.8, 4) is 0 Å². The van der Waals surface area contributed by atoms with Gasteiger partial charge in [-0.05, 0) is 33.8 Å². The van der Waals surface area contributed by atoms with E-state index in [1.54, 1.807) is 47.8 Å². The van der Waals surface area contributed by atoms with Crippen LogP contribution in [0.1, 0.15) is 104 Å². The van der Waals surface area contributed by atoms with Crippen molar-refractivity contribution in [2.45, 2.75) is 97.2 Å². The van der Waals surface area contributed by atoms with Crippen LogP contribution >= 0.6 is 23.5 Å². The third kappa shape index (κ3) is 5.56. The largest absolute Gasteiger partial charge is 0.289 e. The molecule has 5 nitrogen and oxygen atoms in total. The van der Waals surface area contributed by atoms with Crippen molar-refractivity contribution in [3.63, 3.8) is 0 Å². The molecule has 1 saturated heterocycles. The van der Waals surface area contributed by atoms with E-state index in [1.807, 2.05) is 0 Å². The van der Waals surface area contributed by atoms with Gasteiger partial charge in [0.05, 0.1) is 31.7 Å². The number of carbonyl (C=O) groups is 4. The minimum Gasteiger partial charge on any atom is -0.289 e. The molecule has 2 aliphatic heterocycles. The molecule has 0 atom stereocenters. The number of ketones is 2. The Morgan fingerprint density at radius 2 is 0.844 bits per heavy atom. The minimum atomic E-state index is -0.756. The normalized spacial score (nSPS) is 22.2. The highest BCUT2D eigenvalue weighted by atomic mass is 32.2. The van der Waals surface area contributed by atoms with Gasteiger partial charge in [-0.15, -0.1) is 23.5 Å². The lowest BCUT2D eigenvalue weighted by atomic mass is 9.65. The van der Waals surface area contributed by atoms with Crippen molar-refractivity contribution in [3.05, 3.63) is 82.0 Å². The molecule has 45 heavy (non-hydrogen) atoms. The van der Waals surface area contributed by atoms with Crippen LogP contribution in [0.4, 0.5) is 0 Å². The van der Waals surface area contributed by atoms with E-state index in [-0.39, 0.29) is 34.5 Å². The van der Waals surface area contributed by atoms with E-state index >= 15 is 0 Å². The molecular weight excluding hydrogens is 599 g/mol. The average Bonchev–Trinajstić information content (AvgIpc) is 3.30. The topological polar surface area (TPSA) is 71.5 Å². The summed E-state index contributed by atoms with van der Waals surface area (Å²) < 4.78 is -1.74. The van der Waals surface area contributed by atoms with E-state index in [2.05, 4.69) is 107 Å². The Bertz CT molecular complexity index is 1460. The molecule has 0 saturated carbocycles. The number of hydrogen-bond donors (Lipinski definition) is 0. The zero-order valence-corrected chi connectivity index (χ0v) is 30.4. The molecule has 5 rings (SSSR count). The molecule has 7 heteroatoms. The van der Waals surface area contributed by atoms with E-state index in [0.29, 0.717) is 11.1 Å². The standard InChI is InChI=1S/C38H47NO4S2/c1-33(2,3)24-17-37(18-25(29(24)40)34(4,5)6)38(19-26(35(7,8)9)30(41)27(20-38)36(10,11)12)45-28(44-37)21-39-31(42)22-15-13-14-16-23(22)32(39)43/h13-20,28H,21H2,1-12H3. The molecule has 1 aromatic rings. The quantitative estimate of drug-likeness (QED) is 0.300. The van der Waals surface area contributed by atoms with Crippen LogP contribution in [0.25, 0.3) is 0 Å². The molecule has 1 aromatic carbocycles. The maximum Gasteiger partial charge on any atom is 0.261 e. The second-order valence-corrected chi connectivity index (χ2v) is 20.2. The third-order valence-corrected chi connectivity index (χ3v) is 12.6. The van der Waals surface area contributed by atoms with Crippen LogP contribution in [-0.4, -0.2) is 48.9 Å². The van der Waals surface area contributed by atoms with Crippen molar-refractivity contribution >= 4 is 46.9 Å². The Morgan fingerprint density at radius 1 is 0.556 bits per heavy atom. The molecule has 0 unspecified atom stereocenters. The Morgan fingerprint density at radius 3 is 1.11 bits per heavy atom. The molecule has 2 amide bonds. The van der Waals surface area contributed by atoms with Gasteiger partial charge in [-0.3, -0.25) is 24.1 Å². The van der Waals surface area contributed by atoms with Gasteiger partial charge in [0.2, 0.25) is 0 Å². The smallest absolute Gasteiger partial charge is 0.261 e. The highest BCUT2D eigenvalue weighted by molar-refractivity contribution is 8.22. The minimum absolute atomic E-state index is 0.0529. The Kier molecular flexibility index (Phi) is 7.82. The molecule has 0 aromatic heterocycles. The monoisotopic (exact) mass is 645 g/mol. The summed E-state index contributed by atoms with van der Waals surface area (Å²) in [7, 11) is 0. The van der Waals surface area contributed by atoms with Gasteiger partial charge < -0.3 is 0 Å². The van der Waals surface area contributed by atoms with Gasteiger partial charge in [0.15, 0.2) is 11.6 Å². The molecule has 1 fully saturated rings. The second kappa shape index (κ2) is 10.4. The van der Waals surface area contributed by atoms with Gasteiger partial charge in [-0.1, -0.05) is 120 Å². The van der Waals surface area contributed by atoms with Gasteiger partial charge in [0, 0.05) is 22.3 Å². The first-order chi connectivity index (χ1) is 20.4. The van der Waals surface area contributed by atoms with Gasteiger partial charge in [-0.2, -0.15) is 0 Å². The summed E-state index contributed by atoms with van der Waals surface area (Å²) in [6.45, 7) is 25.1. The molecule has 2 spiro atoms. The van der Waals surface area contributed by atoms with Crippen molar-refractivity contribution in [2.75, 3.05) is 6.54 Å². The van der Waals surface area contributed by atoms with Crippen LogP contribution in [0, 0.1) is 21.7 Å². The van der Waals surface area contributed by atoms with Crippen LogP contribution < -0.4 is 0 Å². The summed E-state index contributed by atoms with van der Waals surface area (Å²) in [4.78, 5) is 56.7. The zero-order valence-electron chi connectivity index (χ0n) is 28.8. The number of imide groups is 1. The molecule has 2 heterocycles. The summed E-state index contributed by atoms with van der Waals surface area (Å²) in [6, 6.07) is 6.98. The van der Waals surface area contributed by atoms with Gasteiger partial charge in [0.1, 0.15) is 0 Å². The van der Waals surface area contributed by atoms with Gasteiger partial charge in [0.25, 0.3) is 11.8 Å².